The summed E-state index contributed by atoms with van der Waals surface area (Å²) in [6.45, 7) is 0. The molecular weight excluding hydrogens is 258 g/mol. The largest absolute Gasteiger partial charge is 0.450 e. The second-order valence-electron chi connectivity index (χ2n) is 2.06. The molecule has 0 aliphatic heterocycles. The van der Waals surface area contributed by atoms with Crippen molar-refractivity contribution in [1.29, 1.82) is 0 Å². The van der Waals surface area contributed by atoms with Gasteiger partial charge in [0.25, 0.3) is 0 Å². The van der Waals surface area contributed by atoms with Gasteiger partial charge in [-0.05, 0) is 0 Å². The molecule has 0 spiro atoms. The summed E-state index contributed by atoms with van der Waals surface area (Å²) in [6, 6.07) is 0. The molecule has 0 saturated carbocycles. The van der Waals surface area contributed by atoms with Crippen LogP contribution < -0.4 is 0 Å². The van der Waals surface area contributed by atoms with Crippen molar-refractivity contribution >= 4 is 10.4 Å². The molecule has 0 amide bonds. The van der Waals surface area contributed by atoms with E-state index >= 15 is 0 Å². The minimum atomic E-state index is -5.69. The van der Waals surface area contributed by atoms with Gasteiger partial charge < -0.3 is 4.18 Å². The predicted molar refractivity (Wildman–Crippen MR) is 32.8 cm³/mol. The van der Waals surface area contributed by atoms with Crippen LogP contribution in [-0.4, -0.2) is 25.3 Å². The molecule has 1 N–H and O–H groups in total. The Morgan fingerprint density at radius 3 is 1.73 bits per heavy atom. The minimum Gasteiger partial charge on any atom is -0.357 e. The molecule has 0 atom stereocenters. The summed E-state index contributed by atoms with van der Waals surface area (Å²) in [4.78, 5) is 0. The van der Waals surface area contributed by atoms with E-state index in [1.807, 2.05) is 0 Å². The molecule has 0 aliphatic rings. The Labute approximate surface area is 79.1 Å². The van der Waals surface area contributed by atoms with Crippen LogP contribution in [0.2, 0.25) is 0 Å². The second kappa shape index (κ2) is 3.89. The highest BCUT2D eigenvalue weighted by Crippen LogP contribution is 2.31. The molecule has 90 valence electrons. The van der Waals surface area contributed by atoms with Crippen LogP contribution in [0.25, 0.3) is 0 Å². The maximum absolute atomic E-state index is 11.7. The topological polar surface area (TPSA) is 63.6 Å². The quantitative estimate of drug-likeness (QED) is 0.467. The molecular formula is C4H2F6O4S. The van der Waals surface area contributed by atoms with E-state index in [1.54, 1.807) is 0 Å². The van der Waals surface area contributed by atoms with Gasteiger partial charge in [-0.3, -0.25) is 4.55 Å². The van der Waals surface area contributed by atoms with E-state index in [1.165, 1.54) is 0 Å². The first-order valence-corrected chi connectivity index (χ1v) is 4.21. The monoisotopic (exact) mass is 260 g/mol. The Balaban J connectivity index is 5.20. The van der Waals surface area contributed by atoms with Crippen LogP contribution in [0, 0.1) is 0 Å². The first kappa shape index (κ1) is 14.0. The molecule has 0 aromatic rings. The molecule has 0 saturated heterocycles. The van der Waals surface area contributed by atoms with E-state index in [-0.39, 0.29) is 0 Å². The third-order valence-electron chi connectivity index (χ3n) is 0.769. The molecule has 4 nitrogen and oxygen atoms in total. The normalized spacial score (nSPS) is 15.3. The number of hydrogen-bond donors (Lipinski definition) is 1. The smallest absolute Gasteiger partial charge is 0.357 e. The van der Waals surface area contributed by atoms with Gasteiger partial charge in [-0.25, -0.2) is 0 Å². The Morgan fingerprint density at radius 2 is 1.53 bits per heavy atom. The highest BCUT2D eigenvalue weighted by Gasteiger charge is 2.42. The average molecular weight is 260 g/mol. The highest BCUT2D eigenvalue weighted by molar-refractivity contribution is 7.81. The zero-order chi connectivity index (χ0) is 12.5. The van der Waals surface area contributed by atoms with Gasteiger partial charge in [-0.1, -0.05) is 0 Å². The molecule has 0 fully saturated rings. The van der Waals surface area contributed by atoms with Crippen molar-refractivity contribution in [1.82, 2.24) is 0 Å². The minimum absolute atomic E-state index is 1.43. The molecule has 0 radical (unpaired) electrons. The Bertz CT molecular complexity index is 348. The van der Waals surface area contributed by atoms with E-state index in [9.17, 15) is 34.8 Å². The SMILES string of the molecule is O=S(=O)(O)O/C(=C/C(F)(F)F)C(F)(F)F. The van der Waals surface area contributed by atoms with Crippen molar-refractivity contribution in [2.24, 2.45) is 0 Å². The maximum atomic E-state index is 11.7. The number of alkyl halides is 6. The molecule has 0 aromatic carbocycles. The molecule has 0 bridgehead atoms. The van der Waals surface area contributed by atoms with Gasteiger partial charge >= 0.3 is 22.8 Å². The Hall–Kier alpha value is -0.970. The summed E-state index contributed by atoms with van der Waals surface area (Å²) >= 11 is 0. The zero-order valence-corrected chi connectivity index (χ0v) is 7.24. The van der Waals surface area contributed by atoms with Crippen LogP contribution >= 0.6 is 0 Å². The predicted octanol–water partition coefficient (Wildman–Crippen LogP) is 1.81. The fraction of sp³-hybridized carbons (Fsp3) is 0.500. The first-order valence-electron chi connectivity index (χ1n) is 2.85. The summed E-state index contributed by atoms with van der Waals surface area (Å²) in [6.07, 6.45) is -12.6. The number of allylic oxidation sites excluding steroid dienone is 2. The molecule has 11 heteroatoms. The van der Waals surface area contributed by atoms with Crippen LogP contribution in [0.4, 0.5) is 26.3 Å². The molecule has 0 unspecified atom stereocenters. The fourth-order valence-electron chi connectivity index (χ4n) is 0.415. The van der Waals surface area contributed by atoms with Crippen LogP contribution in [-0.2, 0) is 14.6 Å². The first-order chi connectivity index (χ1) is 6.31. The van der Waals surface area contributed by atoms with Crippen LogP contribution in [0.5, 0.6) is 0 Å². The molecule has 0 rings (SSSR count). The number of halogens is 6. The van der Waals surface area contributed by atoms with Crippen molar-refractivity contribution in [2.75, 3.05) is 0 Å². The molecule has 0 aliphatic carbocycles. The van der Waals surface area contributed by atoms with Crippen molar-refractivity contribution in [2.45, 2.75) is 12.4 Å². The zero-order valence-electron chi connectivity index (χ0n) is 6.43. The van der Waals surface area contributed by atoms with Crippen LogP contribution in [0.3, 0.4) is 0 Å². The van der Waals surface area contributed by atoms with E-state index in [0.29, 0.717) is 0 Å². The van der Waals surface area contributed by atoms with Gasteiger partial charge in [-0.2, -0.15) is 34.8 Å². The van der Waals surface area contributed by atoms with Crippen molar-refractivity contribution in [3.8, 4) is 0 Å². The van der Waals surface area contributed by atoms with E-state index in [2.05, 4.69) is 4.18 Å². The van der Waals surface area contributed by atoms with E-state index in [4.69, 9.17) is 4.55 Å². The summed E-state index contributed by atoms with van der Waals surface area (Å²) in [7, 11) is -5.67. The lowest BCUT2D eigenvalue weighted by molar-refractivity contribution is -0.128. The summed E-state index contributed by atoms with van der Waals surface area (Å²) in [5, 5.41) is 0. The summed E-state index contributed by atoms with van der Waals surface area (Å²) in [5.41, 5.74) is 0. The van der Waals surface area contributed by atoms with Crippen molar-refractivity contribution in [3.05, 3.63) is 11.8 Å². The number of hydrogen-bond acceptors (Lipinski definition) is 3. The maximum Gasteiger partial charge on any atom is 0.450 e. The summed E-state index contributed by atoms with van der Waals surface area (Å²) < 4.78 is 99.7. The van der Waals surface area contributed by atoms with Crippen LogP contribution in [0.15, 0.2) is 11.8 Å². The molecule has 15 heavy (non-hydrogen) atoms. The fourth-order valence-corrected chi connectivity index (χ4v) is 0.785. The lowest BCUT2D eigenvalue weighted by atomic mass is 10.4. The third kappa shape index (κ3) is 7.02. The lowest BCUT2D eigenvalue weighted by Crippen LogP contribution is -2.21. The highest BCUT2D eigenvalue weighted by atomic mass is 32.3. The van der Waals surface area contributed by atoms with Gasteiger partial charge in [0.15, 0.2) is 0 Å². The van der Waals surface area contributed by atoms with Gasteiger partial charge in [-0.15, -0.1) is 0 Å². The Morgan fingerprint density at radius 1 is 1.13 bits per heavy atom. The molecule has 0 aromatic heterocycles. The van der Waals surface area contributed by atoms with E-state index in [0.717, 1.165) is 0 Å². The average Bonchev–Trinajstić information content (AvgIpc) is 1.75. The lowest BCUT2D eigenvalue weighted by Gasteiger charge is -2.11. The van der Waals surface area contributed by atoms with Crippen LogP contribution in [0.1, 0.15) is 0 Å². The van der Waals surface area contributed by atoms with E-state index < -0.39 is 34.6 Å². The Kier molecular flexibility index (Phi) is 3.63. The van der Waals surface area contributed by atoms with Crippen molar-refractivity contribution in [3.63, 3.8) is 0 Å². The van der Waals surface area contributed by atoms with Gasteiger partial charge in [0.1, 0.15) is 0 Å². The standard InChI is InChI=1S/C4H2F6O4S/c5-3(6,7)1-2(4(8,9)10)14-15(11,12)13/h1H,(H,11,12,13)/b2-1+. The second-order valence-corrected chi connectivity index (χ2v) is 3.08. The van der Waals surface area contributed by atoms with Gasteiger partial charge in [0, 0.05) is 0 Å². The van der Waals surface area contributed by atoms with Gasteiger partial charge in [0.2, 0.25) is 5.76 Å². The molecule has 0 heterocycles. The third-order valence-corrected chi connectivity index (χ3v) is 1.16. The number of rotatable bonds is 2. The van der Waals surface area contributed by atoms with Crippen molar-refractivity contribution < 1.29 is 43.5 Å². The van der Waals surface area contributed by atoms with Gasteiger partial charge in [0.05, 0.1) is 6.08 Å². The summed E-state index contributed by atoms with van der Waals surface area (Å²) in [5.74, 6) is -2.88.